The van der Waals surface area contributed by atoms with E-state index in [1.54, 1.807) is 0 Å². The van der Waals surface area contributed by atoms with Gasteiger partial charge in [0.2, 0.25) is 0 Å². The maximum absolute atomic E-state index is 2.30. The second-order valence-electron chi connectivity index (χ2n) is 6.07. The molecule has 0 aliphatic carbocycles. The largest absolute Gasteiger partial charge is 0.323 e. The molecule has 0 spiro atoms. The van der Waals surface area contributed by atoms with E-state index in [1.807, 2.05) is 0 Å². The van der Waals surface area contributed by atoms with E-state index < -0.39 is 0 Å². The Balaban J connectivity index is 2.03. The van der Waals surface area contributed by atoms with Gasteiger partial charge in [-0.2, -0.15) is 4.57 Å². The Labute approximate surface area is 136 Å². The van der Waals surface area contributed by atoms with Crippen molar-refractivity contribution in [2.45, 2.75) is 13.8 Å². The highest BCUT2D eigenvalue weighted by molar-refractivity contribution is 5.77. The first-order chi connectivity index (χ1) is 11.2. The Bertz CT molecular complexity index is 985. The van der Waals surface area contributed by atoms with Gasteiger partial charge in [0.15, 0.2) is 0 Å². The van der Waals surface area contributed by atoms with Crippen LogP contribution in [0.4, 0.5) is 0 Å². The van der Waals surface area contributed by atoms with E-state index in [4.69, 9.17) is 0 Å². The maximum atomic E-state index is 2.30. The Hall–Kier alpha value is -2.81. The van der Waals surface area contributed by atoms with Gasteiger partial charge in [-0.25, -0.2) is 4.57 Å². The van der Waals surface area contributed by atoms with Crippen molar-refractivity contribution >= 4 is 5.52 Å². The average molecular weight is 302 g/mol. The fourth-order valence-electron chi connectivity index (χ4n) is 3.41. The highest BCUT2D eigenvalue weighted by atomic mass is 15.1. The van der Waals surface area contributed by atoms with Crippen LogP contribution in [0.5, 0.6) is 0 Å². The lowest BCUT2D eigenvalue weighted by atomic mass is 10.1. The molecule has 3 heteroatoms. The molecule has 114 valence electrons. The van der Waals surface area contributed by atoms with Gasteiger partial charge in [-0.3, -0.25) is 0 Å². The molecule has 4 rings (SSSR count). The van der Waals surface area contributed by atoms with Crippen molar-refractivity contribution in [3.05, 3.63) is 78.4 Å². The summed E-state index contributed by atoms with van der Waals surface area (Å²) < 4.78 is 6.65. The molecular formula is C20H20N3+. The van der Waals surface area contributed by atoms with Crippen LogP contribution in [0.2, 0.25) is 0 Å². The predicted octanol–water partition coefficient (Wildman–Crippen LogP) is 3.84. The fraction of sp³-hybridized carbons (Fsp3) is 0.150. The number of para-hydroxylation sites is 1. The van der Waals surface area contributed by atoms with Crippen LogP contribution in [0.3, 0.4) is 0 Å². The summed E-state index contributed by atoms with van der Waals surface area (Å²) in [5.41, 5.74) is 6.28. The van der Waals surface area contributed by atoms with Crippen molar-refractivity contribution in [3.63, 3.8) is 0 Å². The summed E-state index contributed by atoms with van der Waals surface area (Å²) in [5.74, 6) is 1.19. The van der Waals surface area contributed by atoms with Gasteiger partial charge in [0, 0.05) is 12.4 Å². The first-order valence-corrected chi connectivity index (χ1v) is 7.86. The highest BCUT2D eigenvalue weighted by Crippen LogP contribution is 2.28. The van der Waals surface area contributed by atoms with Crippen molar-refractivity contribution in [1.82, 2.24) is 8.97 Å². The topological polar surface area (TPSA) is 13.2 Å². The molecular weight excluding hydrogens is 282 g/mol. The third-order valence-corrected chi connectivity index (χ3v) is 4.49. The molecule has 0 radical (unpaired) electrons. The zero-order chi connectivity index (χ0) is 16.0. The standard InChI is InChI=1S/C20H20N3/c1-15-7-6-8-16(2)19(15)23-14-13-21(3)20(23)17-10-12-22-11-5-4-9-18(17)22/h4-14H,1-3H3/q+1. The molecule has 0 N–H and O–H groups in total. The molecule has 3 nitrogen and oxygen atoms in total. The Kier molecular flexibility index (Phi) is 3.08. The summed E-state index contributed by atoms with van der Waals surface area (Å²) in [5, 5.41) is 0. The van der Waals surface area contributed by atoms with Gasteiger partial charge >= 0.3 is 0 Å². The van der Waals surface area contributed by atoms with Crippen LogP contribution in [-0.2, 0) is 7.05 Å². The zero-order valence-electron chi connectivity index (χ0n) is 13.7. The van der Waals surface area contributed by atoms with Crippen LogP contribution in [0.1, 0.15) is 11.1 Å². The number of benzene rings is 1. The molecule has 3 heterocycles. The minimum Gasteiger partial charge on any atom is -0.323 e. The number of aromatic nitrogens is 3. The number of rotatable bonds is 2. The van der Waals surface area contributed by atoms with E-state index in [9.17, 15) is 0 Å². The monoisotopic (exact) mass is 302 g/mol. The second-order valence-corrected chi connectivity index (χ2v) is 6.07. The molecule has 0 unspecified atom stereocenters. The minimum atomic E-state index is 1.19. The predicted molar refractivity (Wildman–Crippen MR) is 92.8 cm³/mol. The van der Waals surface area contributed by atoms with Crippen LogP contribution in [-0.4, -0.2) is 8.97 Å². The van der Waals surface area contributed by atoms with E-state index >= 15 is 0 Å². The van der Waals surface area contributed by atoms with Crippen molar-refractivity contribution in [3.8, 4) is 17.1 Å². The summed E-state index contributed by atoms with van der Waals surface area (Å²) in [6.07, 6.45) is 8.47. The van der Waals surface area contributed by atoms with E-state index in [0.717, 1.165) is 0 Å². The number of imidazole rings is 1. The number of nitrogens with zero attached hydrogens (tertiary/aromatic N) is 3. The molecule has 23 heavy (non-hydrogen) atoms. The van der Waals surface area contributed by atoms with Crippen LogP contribution >= 0.6 is 0 Å². The van der Waals surface area contributed by atoms with Gasteiger partial charge in [-0.05, 0) is 43.2 Å². The molecule has 3 aromatic heterocycles. The third kappa shape index (κ3) is 2.08. The van der Waals surface area contributed by atoms with Crippen molar-refractivity contribution in [1.29, 1.82) is 0 Å². The lowest BCUT2D eigenvalue weighted by molar-refractivity contribution is -0.659. The summed E-state index contributed by atoms with van der Waals surface area (Å²) in [7, 11) is 2.10. The first-order valence-electron chi connectivity index (χ1n) is 7.86. The first kappa shape index (κ1) is 13.8. The lowest BCUT2D eigenvalue weighted by Crippen LogP contribution is -2.29. The number of fused-ring (bicyclic) bond motifs is 1. The zero-order valence-corrected chi connectivity index (χ0v) is 13.7. The maximum Gasteiger partial charge on any atom is 0.296 e. The van der Waals surface area contributed by atoms with Gasteiger partial charge in [0.1, 0.15) is 18.1 Å². The van der Waals surface area contributed by atoms with E-state index in [0.29, 0.717) is 0 Å². The number of hydrogen-bond donors (Lipinski definition) is 0. The molecule has 0 saturated heterocycles. The van der Waals surface area contributed by atoms with Crippen LogP contribution < -0.4 is 4.57 Å². The van der Waals surface area contributed by atoms with Gasteiger partial charge in [-0.15, -0.1) is 0 Å². The number of hydrogen-bond acceptors (Lipinski definition) is 0. The normalized spacial score (nSPS) is 11.3. The van der Waals surface area contributed by atoms with E-state index in [1.165, 1.54) is 33.7 Å². The summed E-state index contributed by atoms with van der Waals surface area (Å²) in [4.78, 5) is 0. The van der Waals surface area contributed by atoms with Gasteiger partial charge in [-0.1, -0.05) is 24.3 Å². The molecule has 4 aromatic rings. The molecule has 1 aromatic carbocycles. The summed E-state index contributed by atoms with van der Waals surface area (Å²) in [6.45, 7) is 4.34. The molecule has 0 aliphatic rings. The smallest absolute Gasteiger partial charge is 0.296 e. The van der Waals surface area contributed by atoms with Crippen molar-refractivity contribution in [2.75, 3.05) is 0 Å². The van der Waals surface area contributed by atoms with Crippen molar-refractivity contribution in [2.24, 2.45) is 7.05 Å². The van der Waals surface area contributed by atoms with Crippen LogP contribution in [0, 0.1) is 13.8 Å². The molecule has 0 atom stereocenters. The average Bonchev–Trinajstić information content (AvgIpc) is 3.11. The summed E-state index contributed by atoms with van der Waals surface area (Å²) in [6, 6.07) is 15.0. The molecule has 0 bridgehead atoms. The lowest BCUT2D eigenvalue weighted by Gasteiger charge is -2.08. The highest BCUT2D eigenvalue weighted by Gasteiger charge is 2.23. The molecule has 0 amide bonds. The van der Waals surface area contributed by atoms with E-state index in [2.05, 4.69) is 102 Å². The Morgan fingerprint density at radius 2 is 1.61 bits per heavy atom. The SMILES string of the molecule is Cc1cccc(C)c1-n1cc[n+](C)c1-c1ccn2ccccc12. The third-order valence-electron chi connectivity index (χ3n) is 4.49. The van der Waals surface area contributed by atoms with Crippen molar-refractivity contribution < 1.29 is 4.57 Å². The van der Waals surface area contributed by atoms with Gasteiger partial charge < -0.3 is 4.40 Å². The van der Waals surface area contributed by atoms with Crippen LogP contribution in [0.15, 0.2) is 67.3 Å². The Morgan fingerprint density at radius 1 is 0.826 bits per heavy atom. The fourth-order valence-corrected chi connectivity index (χ4v) is 3.41. The minimum absolute atomic E-state index is 1.19. The quantitative estimate of drug-likeness (QED) is 0.499. The van der Waals surface area contributed by atoms with Gasteiger partial charge in [0.25, 0.3) is 5.82 Å². The second kappa shape index (κ2) is 5.13. The van der Waals surface area contributed by atoms with Gasteiger partial charge in [0.05, 0.1) is 18.1 Å². The van der Waals surface area contributed by atoms with Crippen LogP contribution in [0.25, 0.3) is 22.6 Å². The molecule has 0 saturated carbocycles. The number of pyridine rings is 1. The number of aryl methyl sites for hydroxylation is 3. The Morgan fingerprint density at radius 3 is 2.39 bits per heavy atom. The molecule has 0 aliphatic heterocycles. The van der Waals surface area contributed by atoms with E-state index in [-0.39, 0.29) is 0 Å². The summed E-state index contributed by atoms with van der Waals surface area (Å²) >= 11 is 0. The molecule has 0 fully saturated rings.